The summed E-state index contributed by atoms with van der Waals surface area (Å²) >= 11 is 0. The molecule has 19 heavy (non-hydrogen) atoms. The van der Waals surface area contributed by atoms with Crippen LogP contribution < -0.4 is 5.46 Å². The third-order valence-electron chi connectivity index (χ3n) is 3.18. The number of nitrogens with zero attached hydrogens (tertiary/aromatic N) is 2. The maximum atomic E-state index is 9.11. The number of imidazole rings is 1. The topological polar surface area (TPSA) is 58.3 Å². The molecule has 2 N–H and O–H groups in total. The van der Waals surface area contributed by atoms with Crippen molar-refractivity contribution >= 4 is 23.6 Å². The van der Waals surface area contributed by atoms with Gasteiger partial charge >= 0.3 is 7.12 Å². The SMILES string of the molecule is Cc1nc2ccccc2n1-c1ccc(B(O)O)cc1. The molecule has 3 rings (SSSR count). The van der Waals surface area contributed by atoms with Crippen LogP contribution in [0.1, 0.15) is 5.82 Å². The lowest BCUT2D eigenvalue weighted by Gasteiger charge is -2.08. The monoisotopic (exact) mass is 252 g/mol. The van der Waals surface area contributed by atoms with Crippen LogP contribution in [-0.2, 0) is 0 Å². The minimum atomic E-state index is -1.44. The van der Waals surface area contributed by atoms with Gasteiger partial charge in [0.25, 0.3) is 0 Å². The molecule has 1 aromatic heterocycles. The Hall–Kier alpha value is -2.11. The number of fused-ring (bicyclic) bond motifs is 1. The van der Waals surface area contributed by atoms with E-state index >= 15 is 0 Å². The molecular weight excluding hydrogens is 239 g/mol. The lowest BCUT2D eigenvalue weighted by molar-refractivity contribution is 0.426. The van der Waals surface area contributed by atoms with Crippen molar-refractivity contribution in [1.82, 2.24) is 9.55 Å². The Balaban J connectivity index is 2.16. The molecule has 0 unspecified atom stereocenters. The van der Waals surface area contributed by atoms with Gasteiger partial charge < -0.3 is 10.0 Å². The molecule has 0 aliphatic carbocycles. The second kappa shape index (κ2) is 4.53. The summed E-state index contributed by atoms with van der Waals surface area (Å²) in [5.74, 6) is 0.901. The van der Waals surface area contributed by atoms with E-state index in [2.05, 4.69) is 4.98 Å². The van der Waals surface area contributed by atoms with E-state index in [9.17, 15) is 0 Å². The third-order valence-corrected chi connectivity index (χ3v) is 3.18. The van der Waals surface area contributed by atoms with Crippen molar-refractivity contribution in [2.45, 2.75) is 6.92 Å². The molecular formula is C14H13BN2O2. The summed E-state index contributed by atoms with van der Waals surface area (Å²) in [6.07, 6.45) is 0. The van der Waals surface area contributed by atoms with E-state index in [4.69, 9.17) is 10.0 Å². The molecule has 0 aliphatic rings. The van der Waals surface area contributed by atoms with Crippen LogP contribution in [0.25, 0.3) is 16.7 Å². The van der Waals surface area contributed by atoms with E-state index < -0.39 is 7.12 Å². The minimum absolute atomic E-state index is 0.478. The first-order valence-corrected chi connectivity index (χ1v) is 6.07. The fourth-order valence-electron chi connectivity index (χ4n) is 2.27. The van der Waals surface area contributed by atoms with Gasteiger partial charge in [0.15, 0.2) is 0 Å². The second-order valence-corrected chi connectivity index (χ2v) is 4.45. The van der Waals surface area contributed by atoms with Crippen molar-refractivity contribution < 1.29 is 10.0 Å². The maximum absolute atomic E-state index is 9.11. The minimum Gasteiger partial charge on any atom is -0.423 e. The molecule has 4 nitrogen and oxygen atoms in total. The van der Waals surface area contributed by atoms with Crippen molar-refractivity contribution in [3.8, 4) is 5.69 Å². The quantitative estimate of drug-likeness (QED) is 0.669. The fourth-order valence-corrected chi connectivity index (χ4v) is 2.27. The molecule has 0 aliphatic heterocycles. The van der Waals surface area contributed by atoms with E-state index in [1.165, 1.54) is 0 Å². The first-order chi connectivity index (χ1) is 9.16. The van der Waals surface area contributed by atoms with Crippen molar-refractivity contribution in [2.75, 3.05) is 0 Å². The Bertz CT molecular complexity index is 720. The van der Waals surface area contributed by atoms with Crippen LogP contribution in [0.3, 0.4) is 0 Å². The highest BCUT2D eigenvalue weighted by molar-refractivity contribution is 6.58. The summed E-state index contributed by atoms with van der Waals surface area (Å²) in [4.78, 5) is 4.51. The molecule has 0 amide bonds. The molecule has 0 bridgehead atoms. The second-order valence-electron chi connectivity index (χ2n) is 4.45. The van der Waals surface area contributed by atoms with Gasteiger partial charge in [-0.1, -0.05) is 24.3 Å². The van der Waals surface area contributed by atoms with Gasteiger partial charge in [0, 0.05) is 5.69 Å². The predicted octanol–water partition coefficient (Wildman–Crippen LogP) is 1.01. The number of hydrogen-bond acceptors (Lipinski definition) is 3. The van der Waals surface area contributed by atoms with Gasteiger partial charge in [0.1, 0.15) is 5.82 Å². The summed E-state index contributed by atoms with van der Waals surface area (Å²) < 4.78 is 2.04. The summed E-state index contributed by atoms with van der Waals surface area (Å²) in [6.45, 7) is 1.95. The van der Waals surface area contributed by atoms with Crippen molar-refractivity contribution in [3.63, 3.8) is 0 Å². The molecule has 3 aromatic rings. The van der Waals surface area contributed by atoms with Crippen LogP contribution >= 0.6 is 0 Å². The third kappa shape index (κ3) is 2.03. The number of benzene rings is 2. The lowest BCUT2D eigenvalue weighted by Crippen LogP contribution is -2.29. The molecule has 0 radical (unpaired) electrons. The summed E-state index contributed by atoms with van der Waals surface area (Å²) in [5.41, 5.74) is 3.42. The number of para-hydroxylation sites is 2. The molecule has 2 aromatic carbocycles. The van der Waals surface area contributed by atoms with Crippen molar-refractivity contribution in [2.24, 2.45) is 0 Å². The van der Waals surface area contributed by atoms with Crippen LogP contribution in [0.2, 0.25) is 0 Å². The highest BCUT2D eigenvalue weighted by Crippen LogP contribution is 2.20. The Morgan fingerprint density at radius 1 is 1.00 bits per heavy atom. The first-order valence-electron chi connectivity index (χ1n) is 6.07. The summed E-state index contributed by atoms with van der Waals surface area (Å²) in [7, 11) is -1.44. The normalized spacial score (nSPS) is 10.9. The van der Waals surface area contributed by atoms with Gasteiger partial charge in [-0.2, -0.15) is 0 Å². The van der Waals surface area contributed by atoms with Crippen LogP contribution in [-0.4, -0.2) is 26.7 Å². The first kappa shape index (κ1) is 12.0. The Morgan fingerprint density at radius 2 is 1.68 bits per heavy atom. The number of hydrogen-bond donors (Lipinski definition) is 2. The smallest absolute Gasteiger partial charge is 0.423 e. The van der Waals surface area contributed by atoms with Gasteiger partial charge in [-0.05, 0) is 36.7 Å². The van der Waals surface area contributed by atoms with E-state index in [-0.39, 0.29) is 0 Å². The molecule has 0 saturated carbocycles. The zero-order chi connectivity index (χ0) is 13.4. The van der Waals surface area contributed by atoms with Crippen LogP contribution in [0.5, 0.6) is 0 Å². The van der Waals surface area contributed by atoms with Gasteiger partial charge in [-0.3, -0.25) is 4.57 Å². The van der Waals surface area contributed by atoms with Gasteiger partial charge in [0.2, 0.25) is 0 Å². The average molecular weight is 252 g/mol. The number of aryl methyl sites for hydroxylation is 1. The maximum Gasteiger partial charge on any atom is 0.488 e. The fraction of sp³-hybridized carbons (Fsp3) is 0.0714. The molecule has 0 fully saturated rings. The molecule has 0 atom stereocenters. The van der Waals surface area contributed by atoms with Gasteiger partial charge in [-0.15, -0.1) is 0 Å². The van der Waals surface area contributed by atoms with Gasteiger partial charge in [0.05, 0.1) is 11.0 Å². The molecule has 0 spiro atoms. The zero-order valence-electron chi connectivity index (χ0n) is 10.5. The summed E-state index contributed by atoms with van der Waals surface area (Å²) in [6, 6.07) is 15.1. The van der Waals surface area contributed by atoms with Crippen molar-refractivity contribution in [3.05, 3.63) is 54.4 Å². The van der Waals surface area contributed by atoms with Gasteiger partial charge in [-0.25, -0.2) is 4.98 Å². The highest BCUT2D eigenvalue weighted by Gasteiger charge is 2.12. The molecule has 94 valence electrons. The standard InChI is InChI=1S/C14H13BN2O2/c1-10-16-13-4-2-3-5-14(13)17(10)12-8-6-11(7-9-12)15(18)19/h2-9,18-19H,1H3. The Morgan fingerprint density at radius 3 is 2.37 bits per heavy atom. The van der Waals surface area contributed by atoms with Crippen LogP contribution in [0.4, 0.5) is 0 Å². The Kier molecular flexibility index (Phi) is 2.85. The van der Waals surface area contributed by atoms with Crippen LogP contribution in [0, 0.1) is 6.92 Å². The number of rotatable bonds is 2. The summed E-state index contributed by atoms with van der Waals surface area (Å²) in [5, 5.41) is 18.2. The molecule has 0 saturated heterocycles. The molecule has 1 heterocycles. The average Bonchev–Trinajstić information content (AvgIpc) is 2.74. The lowest BCUT2D eigenvalue weighted by atomic mass is 9.80. The Labute approximate surface area is 111 Å². The van der Waals surface area contributed by atoms with Crippen LogP contribution in [0.15, 0.2) is 48.5 Å². The van der Waals surface area contributed by atoms with E-state index in [1.807, 2.05) is 47.9 Å². The largest absolute Gasteiger partial charge is 0.488 e. The van der Waals surface area contributed by atoms with E-state index in [0.717, 1.165) is 22.5 Å². The molecule has 5 heteroatoms. The van der Waals surface area contributed by atoms with Crippen molar-refractivity contribution in [1.29, 1.82) is 0 Å². The predicted molar refractivity (Wildman–Crippen MR) is 75.6 cm³/mol. The highest BCUT2D eigenvalue weighted by atomic mass is 16.4. The van der Waals surface area contributed by atoms with E-state index in [1.54, 1.807) is 12.1 Å². The zero-order valence-corrected chi connectivity index (χ0v) is 10.5. The number of aromatic nitrogens is 2. The van der Waals surface area contributed by atoms with E-state index in [0.29, 0.717) is 5.46 Å².